The molecule has 5 heteroatoms. The summed E-state index contributed by atoms with van der Waals surface area (Å²) in [6.45, 7) is 6.13. The molecular weight excluding hydrogens is 194 g/mol. The molecule has 1 aromatic heterocycles. The Bertz CT molecular complexity index is 286. The lowest BCUT2D eigenvalue weighted by Crippen LogP contribution is -2.10. The molecule has 1 atom stereocenters. The molecule has 86 valence electrons. The minimum atomic E-state index is -0.0681. The first-order valence-electron chi connectivity index (χ1n) is 5.30. The van der Waals surface area contributed by atoms with Gasteiger partial charge in [-0.3, -0.25) is 0 Å². The van der Waals surface area contributed by atoms with Crippen molar-refractivity contribution in [1.82, 2.24) is 10.1 Å². The van der Waals surface area contributed by atoms with E-state index in [1.807, 2.05) is 13.8 Å². The zero-order valence-electron chi connectivity index (χ0n) is 9.78. The summed E-state index contributed by atoms with van der Waals surface area (Å²) in [5.41, 5.74) is 0. The summed E-state index contributed by atoms with van der Waals surface area (Å²) < 4.78 is 10.3. The Morgan fingerprint density at radius 1 is 1.47 bits per heavy atom. The Morgan fingerprint density at radius 3 is 2.73 bits per heavy atom. The van der Waals surface area contributed by atoms with Crippen molar-refractivity contribution >= 4 is 6.01 Å². The third kappa shape index (κ3) is 3.51. The molecule has 0 saturated heterocycles. The minimum Gasteiger partial charge on any atom is -0.373 e. The topological polar surface area (TPSA) is 60.2 Å². The molecule has 1 aromatic rings. The molecule has 1 heterocycles. The maximum absolute atomic E-state index is 5.28. The second-order valence-corrected chi connectivity index (χ2v) is 3.77. The molecule has 5 nitrogen and oxygen atoms in total. The number of hydrogen-bond donors (Lipinski definition) is 1. The smallest absolute Gasteiger partial charge is 0.321 e. The van der Waals surface area contributed by atoms with E-state index in [2.05, 4.69) is 22.4 Å². The Morgan fingerprint density at radius 2 is 2.20 bits per heavy atom. The van der Waals surface area contributed by atoms with Gasteiger partial charge in [0, 0.05) is 13.2 Å². The summed E-state index contributed by atoms with van der Waals surface area (Å²) in [6.07, 6.45) is 1.86. The first-order chi connectivity index (χ1) is 7.17. The van der Waals surface area contributed by atoms with Crippen LogP contribution in [0.15, 0.2) is 4.52 Å². The predicted octanol–water partition coefficient (Wildman–Crippen LogP) is 2.38. The lowest BCUT2D eigenvalue weighted by molar-refractivity contribution is 0.0854. The third-order valence-corrected chi connectivity index (χ3v) is 1.98. The van der Waals surface area contributed by atoms with Crippen LogP contribution >= 0.6 is 0 Å². The molecule has 0 aliphatic carbocycles. The summed E-state index contributed by atoms with van der Waals surface area (Å²) in [6, 6.07) is 0.739. The van der Waals surface area contributed by atoms with Crippen LogP contribution < -0.4 is 5.32 Å². The van der Waals surface area contributed by atoms with Crippen LogP contribution in [0.1, 0.15) is 45.5 Å². The van der Waals surface area contributed by atoms with Gasteiger partial charge in [-0.15, -0.1) is 0 Å². The van der Waals surface area contributed by atoms with Crippen LogP contribution in [0.2, 0.25) is 0 Å². The standard InChI is InChI=1S/C10H19N3O2/c1-5-6-8(14-4)9-12-10(15-13-9)11-7(2)3/h7-8H,5-6H2,1-4H3,(H,11,12,13). The Hall–Kier alpha value is -1.10. The molecule has 0 aliphatic heterocycles. The Balaban J connectivity index is 2.64. The van der Waals surface area contributed by atoms with Gasteiger partial charge in [0.15, 0.2) is 0 Å². The minimum absolute atomic E-state index is 0.0681. The van der Waals surface area contributed by atoms with Crippen molar-refractivity contribution in [2.24, 2.45) is 0 Å². The number of rotatable bonds is 6. The van der Waals surface area contributed by atoms with Crippen LogP contribution in [0, 0.1) is 0 Å². The third-order valence-electron chi connectivity index (χ3n) is 1.98. The van der Waals surface area contributed by atoms with Gasteiger partial charge >= 0.3 is 6.01 Å². The molecular formula is C10H19N3O2. The normalized spacial score (nSPS) is 13.1. The second-order valence-electron chi connectivity index (χ2n) is 3.77. The number of nitrogens with one attached hydrogen (secondary N) is 1. The van der Waals surface area contributed by atoms with Gasteiger partial charge in [0.25, 0.3) is 0 Å². The van der Waals surface area contributed by atoms with E-state index in [-0.39, 0.29) is 12.1 Å². The first kappa shape index (κ1) is 12.0. The van der Waals surface area contributed by atoms with Crippen LogP contribution in [0.25, 0.3) is 0 Å². The van der Waals surface area contributed by atoms with E-state index >= 15 is 0 Å². The van der Waals surface area contributed by atoms with Crippen LogP contribution in [0.4, 0.5) is 6.01 Å². The zero-order valence-corrected chi connectivity index (χ0v) is 9.78. The van der Waals surface area contributed by atoms with E-state index in [4.69, 9.17) is 9.26 Å². The average molecular weight is 213 g/mol. The van der Waals surface area contributed by atoms with Crippen molar-refractivity contribution in [1.29, 1.82) is 0 Å². The molecule has 0 aromatic carbocycles. The van der Waals surface area contributed by atoms with Crippen LogP contribution in [0.3, 0.4) is 0 Å². The molecule has 0 saturated carbocycles. The quantitative estimate of drug-likeness (QED) is 0.786. The van der Waals surface area contributed by atoms with Gasteiger partial charge in [0.05, 0.1) is 0 Å². The largest absolute Gasteiger partial charge is 0.373 e. The predicted molar refractivity (Wildman–Crippen MR) is 57.7 cm³/mol. The fraction of sp³-hybridized carbons (Fsp3) is 0.800. The van der Waals surface area contributed by atoms with E-state index in [9.17, 15) is 0 Å². The van der Waals surface area contributed by atoms with Gasteiger partial charge in [-0.1, -0.05) is 18.5 Å². The van der Waals surface area contributed by atoms with Gasteiger partial charge in [0.1, 0.15) is 6.10 Å². The van der Waals surface area contributed by atoms with Gasteiger partial charge in [-0.2, -0.15) is 4.98 Å². The molecule has 0 amide bonds. The first-order valence-corrected chi connectivity index (χ1v) is 5.30. The Labute approximate surface area is 90.2 Å². The van der Waals surface area contributed by atoms with Crippen molar-refractivity contribution in [3.8, 4) is 0 Å². The van der Waals surface area contributed by atoms with Gasteiger partial charge in [-0.25, -0.2) is 0 Å². The summed E-state index contributed by atoms with van der Waals surface area (Å²) in [5.74, 6) is 0.613. The van der Waals surface area contributed by atoms with Crippen molar-refractivity contribution < 1.29 is 9.26 Å². The van der Waals surface area contributed by atoms with Crippen LogP contribution in [0.5, 0.6) is 0 Å². The average Bonchev–Trinajstić information content (AvgIpc) is 2.61. The van der Waals surface area contributed by atoms with Crippen molar-refractivity contribution in [3.05, 3.63) is 5.82 Å². The molecule has 1 N–H and O–H groups in total. The van der Waals surface area contributed by atoms with Crippen LogP contribution in [-0.2, 0) is 4.74 Å². The second kappa shape index (κ2) is 5.70. The summed E-state index contributed by atoms with van der Waals surface area (Å²) in [7, 11) is 1.66. The maximum atomic E-state index is 5.28. The van der Waals surface area contributed by atoms with E-state index in [0.29, 0.717) is 11.8 Å². The van der Waals surface area contributed by atoms with Crippen molar-refractivity contribution in [2.75, 3.05) is 12.4 Å². The SMILES string of the molecule is CCCC(OC)c1noc(NC(C)C)n1. The van der Waals surface area contributed by atoms with Crippen LogP contribution in [-0.4, -0.2) is 23.3 Å². The molecule has 1 rings (SSSR count). The fourth-order valence-electron chi connectivity index (χ4n) is 1.29. The molecule has 1 unspecified atom stereocenters. The van der Waals surface area contributed by atoms with E-state index < -0.39 is 0 Å². The monoisotopic (exact) mass is 213 g/mol. The Kier molecular flexibility index (Phi) is 4.55. The summed E-state index contributed by atoms with van der Waals surface area (Å²) in [4.78, 5) is 4.23. The number of ether oxygens (including phenoxy) is 1. The molecule has 0 radical (unpaired) electrons. The summed E-state index contributed by atoms with van der Waals surface area (Å²) >= 11 is 0. The van der Waals surface area contributed by atoms with Crippen molar-refractivity contribution in [3.63, 3.8) is 0 Å². The molecule has 0 spiro atoms. The number of aromatic nitrogens is 2. The number of hydrogen-bond acceptors (Lipinski definition) is 5. The van der Waals surface area contributed by atoms with Gasteiger partial charge < -0.3 is 14.6 Å². The fourth-order valence-corrected chi connectivity index (χ4v) is 1.29. The number of anilines is 1. The molecule has 0 fully saturated rings. The van der Waals surface area contributed by atoms with Gasteiger partial charge in [-0.05, 0) is 20.3 Å². The highest BCUT2D eigenvalue weighted by atomic mass is 16.5. The number of nitrogens with zero attached hydrogens (tertiary/aromatic N) is 2. The van der Waals surface area contributed by atoms with Gasteiger partial charge in [0.2, 0.25) is 5.82 Å². The van der Waals surface area contributed by atoms with E-state index in [1.54, 1.807) is 7.11 Å². The highest BCUT2D eigenvalue weighted by Gasteiger charge is 2.16. The molecule has 0 bridgehead atoms. The zero-order chi connectivity index (χ0) is 11.3. The maximum Gasteiger partial charge on any atom is 0.321 e. The highest BCUT2D eigenvalue weighted by molar-refractivity contribution is 5.19. The van der Waals surface area contributed by atoms with E-state index in [0.717, 1.165) is 12.8 Å². The number of methoxy groups -OCH3 is 1. The summed E-state index contributed by atoms with van der Waals surface area (Å²) in [5, 5.41) is 6.94. The lowest BCUT2D eigenvalue weighted by atomic mass is 10.2. The molecule has 0 aliphatic rings. The lowest BCUT2D eigenvalue weighted by Gasteiger charge is -2.08. The van der Waals surface area contributed by atoms with E-state index in [1.165, 1.54) is 0 Å². The highest BCUT2D eigenvalue weighted by Crippen LogP contribution is 2.20. The molecule has 15 heavy (non-hydrogen) atoms. The van der Waals surface area contributed by atoms with Crippen molar-refractivity contribution in [2.45, 2.75) is 45.8 Å².